The molecule has 0 aliphatic heterocycles. The Morgan fingerprint density at radius 3 is 1.77 bits per heavy atom. The van der Waals surface area contributed by atoms with Crippen LogP contribution < -0.4 is 10.6 Å². The van der Waals surface area contributed by atoms with Gasteiger partial charge in [-0.1, -0.05) is 67.6 Å². The van der Waals surface area contributed by atoms with Crippen LogP contribution in [0.5, 0.6) is 0 Å². The Labute approximate surface area is 180 Å². The van der Waals surface area contributed by atoms with Crippen LogP contribution >= 0.6 is 7.92 Å². The molecule has 2 atom stereocenters. The van der Waals surface area contributed by atoms with E-state index in [9.17, 15) is 9.59 Å². The summed E-state index contributed by atoms with van der Waals surface area (Å²) in [6.07, 6.45) is 1.91. The van der Waals surface area contributed by atoms with E-state index in [0.717, 1.165) is 6.16 Å². The lowest BCUT2D eigenvalue weighted by Gasteiger charge is -2.26. The lowest BCUT2D eigenvalue weighted by molar-refractivity contribution is -0.172. The lowest BCUT2D eigenvalue weighted by atomic mass is 9.85. The van der Waals surface area contributed by atoms with E-state index in [1.165, 1.54) is 10.6 Å². The Hall–Kier alpha value is -2.19. The van der Waals surface area contributed by atoms with Crippen LogP contribution in [0.15, 0.2) is 60.7 Å². The Bertz CT molecular complexity index is 779. The van der Waals surface area contributed by atoms with Crippen LogP contribution in [0.25, 0.3) is 0 Å². The molecule has 3 rings (SSSR count). The molecule has 1 aliphatic rings. The van der Waals surface area contributed by atoms with E-state index >= 15 is 0 Å². The number of rotatable bonds is 8. The number of benzene rings is 2. The molecule has 1 fully saturated rings. The molecular weight excluding hydrogens is 395 g/mol. The maximum atomic E-state index is 12.9. The summed E-state index contributed by atoms with van der Waals surface area (Å²) in [6.45, 7) is 6.22. The second-order valence-corrected chi connectivity index (χ2v) is 10.2. The molecule has 0 spiro atoms. The van der Waals surface area contributed by atoms with Crippen molar-refractivity contribution in [1.29, 1.82) is 0 Å². The van der Waals surface area contributed by atoms with Crippen molar-refractivity contribution in [3.8, 4) is 0 Å². The average molecular weight is 426 g/mol. The summed E-state index contributed by atoms with van der Waals surface area (Å²) in [5.74, 6) is -0.385. The fraction of sp³-hybridized carbons (Fsp3) is 0.440. The van der Waals surface area contributed by atoms with Crippen molar-refractivity contribution in [1.82, 2.24) is 0 Å². The third kappa shape index (κ3) is 4.75. The van der Waals surface area contributed by atoms with Gasteiger partial charge in [0.05, 0.1) is 13.2 Å². The van der Waals surface area contributed by atoms with E-state index in [-0.39, 0.29) is 25.0 Å². The van der Waals surface area contributed by atoms with Crippen LogP contribution in [0.1, 0.15) is 33.6 Å². The Morgan fingerprint density at radius 1 is 0.867 bits per heavy atom. The molecule has 5 heteroatoms. The first kappa shape index (κ1) is 22.5. The van der Waals surface area contributed by atoms with Gasteiger partial charge in [0.1, 0.15) is 0 Å². The van der Waals surface area contributed by atoms with Gasteiger partial charge in [0, 0.05) is 0 Å². The minimum absolute atomic E-state index is 0.233. The maximum Gasteiger partial charge on any atom is 0.323 e. The Morgan fingerprint density at radius 2 is 1.33 bits per heavy atom. The monoisotopic (exact) mass is 426 g/mol. The highest BCUT2D eigenvalue weighted by Gasteiger charge is 2.56. The summed E-state index contributed by atoms with van der Waals surface area (Å²) < 4.78 is 10.7. The van der Waals surface area contributed by atoms with Crippen LogP contribution in [-0.2, 0) is 19.1 Å². The van der Waals surface area contributed by atoms with Crippen molar-refractivity contribution in [3.63, 3.8) is 0 Å². The van der Waals surface area contributed by atoms with Crippen LogP contribution in [0, 0.1) is 17.3 Å². The van der Waals surface area contributed by atoms with Gasteiger partial charge in [0.25, 0.3) is 0 Å². The second kappa shape index (κ2) is 10.2. The van der Waals surface area contributed by atoms with Gasteiger partial charge in [0.2, 0.25) is 0 Å². The summed E-state index contributed by atoms with van der Waals surface area (Å²) in [6, 6.07) is 21.1. The van der Waals surface area contributed by atoms with Crippen molar-refractivity contribution in [2.24, 2.45) is 17.3 Å². The summed E-state index contributed by atoms with van der Waals surface area (Å²) in [7, 11) is -0.589. The number of carbonyl (C=O) groups excluding carboxylic acids is 2. The van der Waals surface area contributed by atoms with E-state index in [1.54, 1.807) is 13.8 Å². The van der Waals surface area contributed by atoms with Crippen molar-refractivity contribution in [2.45, 2.75) is 33.6 Å². The smallest absolute Gasteiger partial charge is 0.323 e. The first-order valence-electron chi connectivity index (χ1n) is 10.7. The molecular formula is C25H31O4P. The molecule has 30 heavy (non-hydrogen) atoms. The summed E-state index contributed by atoms with van der Waals surface area (Å²) in [4.78, 5) is 25.8. The lowest BCUT2D eigenvalue weighted by Crippen LogP contribution is -2.40. The summed E-state index contributed by atoms with van der Waals surface area (Å²) in [5.41, 5.74) is -1.18. The molecule has 1 saturated carbocycles. The van der Waals surface area contributed by atoms with Crippen LogP contribution in [-0.4, -0.2) is 31.3 Å². The molecule has 0 saturated heterocycles. The Balaban J connectivity index is 1.90. The molecule has 160 valence electrons. The number of hydrogen-bond donors (Lipinski definition) is 0. The van der Waals surface area contributed by atoms with E-state index < -0.39 is 25.3 Å². The van der Waals surface area contributed by atoms with E-state index in [4.69, 9.17) is 9.47 Å². The standard InChI is InChI=1S/C25H31O4P/c1-4-28-23(26)25(24(27)29-5-2)16-19(3)20(17-25)18-30(21-12-8-6-9-13-21)22-14-10-7-11-15-22/h6-15,19-20H,4-5,16-18H2,1-3H3. The zero-order chi connectivity index (χ0) is 21.6. The van der Waals surface area contributed by atoms with Gasteiger partial charge >= 0.3 is 11.9 Å². The van der Waals surface area contributed by atoms with Crippen molar-refractivity contribution < 1.29 is 19.1 Å². The van der Waals surface area contributed by atoms with E-state index in [1.807, 2.05) is 12.1 Å². The number of carbonyl (C=O) groups is 2. The normalized spacial score (nSPS) is 20.1. The average Bonchev–Trinajstić information content (AvgIpc) is 3.11. The molecule has 2 unspecified atom stereocenters. The second-order valence-electron chi connectivity index (χ2n) is 7.95. The van der Waals surface area contributed by atoms with Crippen LogP contribution in [0.3, 0.4) is 0 Å². The first-order valence-corrected chi connectivity index (χ1v) is 12.3. The highest BCUT2D eigenvalue weighted by molar-refractivity contribution is 7.73. The van der Waals surface area contributed by atoms with E-state index in [2.05, 4.69) is 55.5 Å². The highest BCUT2D eigenvalue weighted by Crippen LogP contribution is 2.51. The molecule has 0 amide bonds. The number of esters is 2. The molecule has 1 aliphatic carbocycles. The third-order valence-electron chi connectivity index (χ3n) is 5.97. The predicted octanol–water partition coefficient (Wildman–Crippen LogP) is 4.28. The van der Waals surface area contributed by atoms with Gasteiger partial charge < -0.3 is 9.47 Å². The molecule has 0 heterocycles. The summed E-state index contributed by atoms with van der Waals surface area (Å²) in [5, 5.41) is 2.63. The summed E-state index contributed by atoms with van der Waals surface area (Å²) >= 11 is 0. The van der Waals surface area contributed by atoms with Gasteiger partial charge in [-0.2, -0.15) is 0 Å². The van der Waals surface area contributed by atoms with Crippen molar-refractivity contribution in [2.75, 3.05) is 19.4 Å². The van der Waals surface area contributed by atoms with Gasteiger partial charge in [-0.25, -0.2) is 0 Å². The van der Waals surface area contributed by atoms with E-state index in [0.29, 0.717) is 12.8 Å². The minimum Gasteiger partial charge on any atom is -0.465 e. The predicted molar refractivity (Wildman–Crippen MR) is 122 cm³/mol. The SMILES string of the molecule is CCOC(=O)C1(C(=O)OCC)CC(C)C(CP(c2ccccc2)c2ccccc2)C1. The third-order valence-corrected chi connectivity index (χ3v) is 8.65. The molecule has 0 N–H and O–H groups in total. The maximum absolute atomic E-state index is 12.9. The molecule has 0 radical (unpaired) electrons. The zero-order valence-corrected chi connectivity index (χ0v) is 18.9. The molecule has 4 nitrogen and oxygen atoms in total. The van der Waals surface area contributed by atoms with Gasteiger partial charge in [-0.05, 0) is 63.2 Å². The molecule has 2 aromatic rings. The topological polar surface area (TPSA) is 52.6 Å². The molecule has 0 aromatic heterocycles. The van der Waals surface area contributed by atoms with Crippen molar-refractivity contribution in [3.05, 3.63) is 60.7 Å². The van der Waals surface area contributed by atoms with Gasteiger partial charge in [0.15, 0.2) is 5.41 Å². The number of ether oxygens (including phenoxy) is 2. The molecule has 2 aromatic carbocycles. The van der Waals surface area contributed by atoms with Crippen molar-refractivity contribution >= 4 is 30.5 Å². The fourth-order valence-corrected chi connectivity index (χ4v) is 7.20. The fourth-order valence-electron chi connectivity index (χ4n) is 4.46. The highest BCUT2D eigenvalue weighted by atomic mass is 31.1. The Kier molecular flexibility index (Phi) is 7.66. The van der Waals surface area contributed by atoms with Gasteiger partial charge in [-0.3, -0.25) is 9.59 Å². The van der Waals surface area contributed by atoms with Crippen LogP contribution in [0.4, 0.5) is 0 Å². The van der Waals surface area contributed by atoms with Crippen LogP contribution in [0.2, 0.25) is 0 Å². The quantitative estimate of drug-likeness (QED) is 0.359. The number of hydrogen-bond acceptors (Lipinski definition) is 4. The largest absolute Gasteiger partial charge is 0.465 e. The minimum atomic E-state index is -1.18. The first-order chi connectivity index (χ1) is 14.5. The van der Waals surface area contributed by atoms with Gasteiger partial charge in [-0.15, -0.1) is 0 Å². The zero-order valence-electron chi connectivity index (χ0n) is 18.0. The molecule has 0 bridgehead atoms.